The lowest BCUT2D eigenvalue weighted by Crippen LogP contribution is -2.36. The summed E-state index contributed by atoms with van der Waals surface area (Å²) in [5, 5.41) is 12.4. The van der Waals surface area contributed by atoms with Gasteiger partial charge in [0.15, 0.2) is 5.96 Å². The molecule has 0 unspecified atom stereocenters. The van der Waals surface area contributed by atoms with Crippen LogP contribution in [0.4, 0.5) is 4.39 Å². The fourth-order valence-corrected chi connectivity index (χ4v) is 2.15. The molecule has 2 N–H and O–H groups in total. The summed E-state index contributed by atoms with van der Waals surface area (Å²) in [6, 6.07) is 14.8. The second-order valence-corrected chi connectivity index (χ2v) is 5.46. The molecular formula is C18H22FN3O. The van der Waals surface area contributed by atoms with Crippen molar-refractivity contribution in [2.24, 2.45) is 4.99 Å². The molecule has 0 spiro atoms. The first-order chi connectivity index (χ1) is 11.1. The van der Waals surface area contributed by atoms with Gasteiger partial charge >= 0.3 is 0 Å². The van der Waals surface area contributed by atoms with E-state index < -0.39 is 5.82 Å². The molecule has 2 aromatic rings. The highest BCUT2D eigenvalue weighted by Crippen LogP contribution is 2.11. The van der Waals surface area contributed by atoms with Crippen molar-refractivity contribution in [3.05, 3.63) is 71.0 Å². The van der Waals surface area contributed by atoms with Crippen LogP contribution >= 0.6 is 0 Å². The molecule has 0 heterocycles. The fourth-order valence-electron chi connectivity index (χ4n) is 2.15. The van der Waals surface area contributed by atoms with Crippen LogP contribution in [0.25, 0.3) is 0 Å². The summed E-state index contributed by atoms with van der Waals surface area (Å²) < 4.78 is 13.4. The Balaban J connectivity index is 2.04. The van der Waals surface area contributed by atoms with Gasteiger partial charge in [0.05, 0.1) is 13.2 Å². The molecule has 2 aromatic carbocycles. The van der Waals surface area contributed by atoms with Gasteiger partial charge in [-0.3, -0.25) is 0 Å². The maximum atomic E-state index is 13.4. The van der Waals surface area contributed by atoms with Crippen LogP contribution in [0.5, 0.6) is 0 Å². The molecule has 0 aromatic heterocycles. The van der Waals surface area contributed by atoms with Crippen molar-refractivity contribution in [1.82, 2.24) is 10.2 Å². The topological polar surface area (TPSA) is 47.9 Å². The Kier molecular flexibility index (Phi) is 6.11. The van der Waals surface area contributed by atoms with E-state index in [2.05, 4.69) is 10.3 Å². The molecule has 0 aliphatic heterocycles. The number of aliphatic imine (C=N–C) groups is 1. The lowest BCUT2D eigenvalue weighted by molar-refractivity contribution is 0.275. The quantitative estimate of drug-likeness (QED) is 0.658. The van der Waals surface area contributed by atoms with Gasteiger partial charge in [-0.05, 0) is 23.3 Å². The third-order valence-corrected chi connectivity index (χ3v) is 3.41. The van der Waals surface area contributed by atoms with Crippen LogP contribution in [0, 0.1) is 5.82 Å². The molecular weight excluding hydrogens is 293 g/mol. The molecule has 2 rings (SSSR count). The first-order valence-corrected chi connectivity index (χ1v) is 7.48. The van der Waals surface area contributed by atoms with E-state index in [0.717, 1.165) is 11.5 Å². The molecule has 0 saturated carbocycles. The summed E-state index contributed by atoms with van der Waals surface area (Å²) in [4.78, 5) is 6.44. The van der Waals surface area contributed by atoms with Crippen molar-refractivity contribution < 1.29 is 9.50 Å². The molecule has 0 radical (unpaired) electrons. The summed E-state index contributed by atoms with van der Waals surface area (Å²) in [6.07, 6.45) is 0. The molecule has 0 aliphatic carbocycles. The van der Waals surface area contributed by atoms with E-state index in [9.17, 15) is 4.39 Å². The smallest absolute Gasteiger partial charge is 0.194 e. The van der Waals surface area contributed by atoms with E-state index in [1.165, 1.54) is 11.6 Å². The number of nitrogens with one attached hydrogen (secondary N) is 1. The van der Waals surface area contributed by atoms with Crippen LogP contribution in [0.2, 0.25) is 0 Å². The molecule has 0 aliphatic rings. The highest BCUT2D eigenvalue weighted by molar-refractivity contribution is 5.79. The Morgan fingerprint density at radius 2 is 1.87 bits per heavy atom. The lowest BCUT2D eigenvalue weighted by atomic mass is 10.1. The number of aliphatic hydroxyl groups is 1. The first kappa shape index (κ1) is 17.0. The van der Waals surface area contributed by atoms with Gasteiger partial charge in [0.25, 0.3) is 0 Å². The number of guanidine groups is 1. The van der Waals surface area contributed by atoms with Gasteiger partial charge in [-0.15, -0.1) is 0 Å². The molecule has 0 bridgehead atoms. The Morgan fingerprint density at radius 3 is 2.52 bits per heavy atom. The van der Waals surface area contributed by atoms with Gasteiger partial charge in [-0.1, -0.05) is 36.4 Å². The van der Waals surface area contributed by atoms with Gasteiger partial charge < -0.3 is 15.3 Å². The summed E-state index contributed by atoms with van der Waals surface area (Å²) in [6.45, 7) is 0.794. The third kappa shape index (κ3) is 5.07. The van der Waals surface area contributed by atoms with E-state index in [1.54, 1.807) is 12.1 Å². The van der Waals surface area contributed by atoms with Crippen LogP contribution in [0.15, 0.2) is 53.5 Å². The van der Waals surface area contributed by atoms with Gasteiger partial charge in [0, 0.05) is 26.2 Å². The molecule has 23 heavy (non-hydrogen) atoms. The molecule has 122 valence electrons. The van der Waals surface area contributed by atoms with Crippen LogP contribution < -0.4 is 5.32 Å². The number of nitrogens with zero attached hydrogens (tertiary/aromatic N) is 2. The van der Waals surface area contributed by atoms with Gasteiger partial charge in [-0.25, -0.2) is 9.38 Å². The molecule has 0 amide bonds. The largest absolute Gasteiger partial charge is 0.392 e. The van der Waals surface area contributed by atoms with Gasteiger partial charge in [-0.2, -0.15) is 0 Å². The Hall–Kier alpha value is -2.40. The zero-order chi connectivity index (χ0) is 16.7. The monoisotopic (exact) mass is 315 g/mol. The number of halogens is 1. The van der Waals surface area contributed by atoms with Crippen molar-refractivity contribution in [2.45, 2.75) is 19.7 Å². The number of hydrogen-bond donors (Lipinski definition) is 2. The normalized spacial score (nSPS) is 11.4. The summed E-state index contributed by atoms with van der Waals surface area (Å²) >= 11 is 0. The minimum atomic E-state index is -0.393. The predicted molar refractivity (Wildman–Crippen MR) is 90.4 cm³/mol. The van der Waals surface area contributed by atoms with Crippen molar-refractivity contribution in [2.75, 3.05) is 14.1 Å². The molecule has 5 heteroatoms. The minimum Gasteiger partial charge on any atom is -0.392 e. The fraction of sp³-hybridized carbons (Fsp3) is 0.278. The Labute approximate surface area is 136 Å². The second-order valence-electron chi connectivity index (χ2n) is 5.46. The van der Waals surface area contributed by atoms with Crippen LogP contribution in [-0.4, -0.2) is 30.1 Å². The summed E-state index contributed by atoms with van der Waals surface area (Å²) in [7, 11) is 3.83. The SMILES string of the molecule is CN(C)C(=NCc1ccc(F)c(CO)c1)NCc1ccccc1. The Bertz CT molecular complexity index is 657. The lowest BCUT2D eigenvalue weighted by Gasteiger charge is -2.18. The average Bonchev–Trinajstić information content (AvgIpc) is 2.56. The van der Waals surface area contributed by atoms with Crippen molar-refractivity contribution in [3.63, 3.8) is 0 Å². The number of aliphatic hydroxyl groups excluding tert-OH is 1. The number of rotatable bonds is 5. The summed E-state index contributed by atoms with van der Waals surface area (Å²) in [5.74, 6) is 0.360. The van der Waals surface area contributed by atoms with Gasteiger partial charge in [0.2, 0.25) is 0 Å². The number of hydrogen-bond acceptors (Lipinski definition) is 2. The van der Waals surface area contributed by atoms with E-state index in [4.69, 9.17) is 5.11 Å². The summed E-state index contributed by atoms with van der Waals surface area (Å²) in [5.41, 5.74) is 2.32. The van der Waals surface area contributed by atoms with E-state index in [-0.39, 0.29) is 6.61 Å². The van der Waals surface area contributed by atoms with Gasteiger partial charge in [0.1, 0.15) is 5.82 Å². The zero-order valence-corrected chi connectivity index (χ0v) is 13.5. The van der Waals surface area contributed by atoms with E-state index in [1.807, 2.05) is 49.3 Å². The third-order valence-electron chi connectivity index (χ3n) is 3.41. The zero-order valence-electron chi connectivity index (χ0n) is 13.5. The van der Waals surface area contributed by atoms with Crippen LogP contribution in [0.3, 0.4) is 0 Å². The van der Waals surface area contributed by atoms with Crippen LogP contribution in [0.1, 0.15) is 16.7 Å². The molecule has 0 saturated heterocycles. The molecule has 4 nitrogen and oxygen atoms in total. The highest BCUT2D eigenvalue weighted by atomic mass is 19.1. The van der Waals surface area contributed by atoms with Crippen molar-refractivity contribution in [3.8, 4) is 0 Å². The highest BCUT2D eigenvalue weighted by Gasteiger charge is 2.04. The maximum absolute atomic E-state index is 13.4. The predicted octanol–water partition coefficient (Wildman–Crippen LogP) is 2.53. The standard InChI is InChI=1S/C18H22FN3O/c1-22(2)18(20-11-14-6-4-3-5-7-14)21-12-15-8-9-17(19)16(10-15)13-23/h3-10,23H,11-13H2,1-2H3,(H,20,21). The number of benzene rings is 2. The van der Waals surface area contributed by atoms with Crippen molar-refractivity contribution >= 4 is 5.96 Å². The van der Waals surface area contributed by atoms with Crippen molar-refractivity contribution in [1.29, 1.82) is 0 Å². The van der Waals surface area contributed by atoms with E-state index >= 15 is 0 Å². The second kappa shape index (κ2) is 8.29. The molecule has 0 fully saturated rings. The molecule has 0 atom stereocenters. The van der Waals surface area contributed by atoms with Crippen LogP contribution in [-0.2, 0) is 19.7 Å². The average molecular weight is 315 g/mol. The van der Waals surface area contributed by atoms with E-state index in [0.29, 0.717) is 18.7 Å². The minimum absolute atomic E-state index is 0.293. The Morgan fingerprint density at radius 1 is 1.13 bits per heavy atom. The maximum Gasteiger partial charge on any atom is 0.194 e. The first-order valence-electron chi connectivity index (χ1n) is 7.48.